The van der Waals surface area contributed by atoms with Crippen LogP contribution in [0.5, 0.6) is 0 Å². The first-order chi connectivity index (χ1) is 17.2. The van der Waals surface area contributed by atoms with Crippen LogP contribution >= 0.6 is 0 Å². The first-order valence-corrected chi connectivity index (χ1v) is 11.9. The maximum absolute atomic E-state index is 15.3. The minimum Gasteiger partial charge on any atom is -0.477 e. The molecule has 2 aromatic heterocycles. The lowest BCUT2D eigenvalue weighted by atomic mass is 10.1. The Labute approximate surface area is 206 Å². The number of carboxylic acid groups (broad SMARTS) is 1. The summed E-state index contributed by atoms with van der Waals surface area (Å²) in [6.07, 6.45) is 4.87. The van der Waals surface area contributed by atoms with Crippen LogP contribution in [0, 0.1) is 11.7 Å². The molecule has 4 rings (SSSR count). The summed E-state index contributed by atoms with van der Waals surface area (Å²) >= 11 is 0. The summed E-state index contributed by atoms with van der Waals surface area (Å²) in [6.45, 7) is 4.80. The molecule has 2 unspecified atom stereocenters. The molecule has 1 aliphatic carbocycles. The number of rotatable bonds is 11. The SMILES string of the molecule is CCOC(=O)CC(C)NCC1CN(c2nc3c(cc2F)c(=O)c(C(=O)O)cn3C2CC2)C=C1NOC. The molecule has 0 spiro atoms. The zero-order valence-electron chi connectivity index (χ0n) is 20.4. The van der Waals surface area contributed by atoms with Gasteiger partial charge in [0.05, 0.1) is 31.2 Å². The molecule has 11 nitrogen and oxygen atoms in total. The van der Waals surface area contributed by atoms with E-state index in [0.29, 0.717) is 25.4 Å². The lowest BCUT2D eigenvalue weighted by molar-refractivity contribution is -0.143. The van der Waals surface area contributed by atoms with Gasteiger partial charge >= 0.3 is 11.9 Å². The number of fused-ring (bicyclic) bond motifs is 1. The topological polar surface area (TPSA) is 135 Å². The number of carbonyl (C=O) groups excluding carboxylic acids is 1. The van der Waals surface area contributed by atoms with E-state index < -0.39 is 22.8 Å². The number of hydrogen-bond donors (Lipinski definition) is 3. The number of carboxylic acids is 1. The number of hydroxylamine groups is 1. The summed E-state index contributed by atoms with van der Waals surface area (Å²) in [6, 6.07) is 0.957. The molecular formula is C24H30FN5O6. The quantitative estimate of drug-likeness (QED) is 0.308. The molecule has 194 valence electrons. The van der Waals surface area contributed by atoms with Gasteiger partial charge in [0.2, 0.25) is 5.43 Å². The molecule has 1 fully saturated rings. The fourth-order valence-corrected chi connectivity index (χ4v) is 4.32. The maximum Gasteiger partial charge on any atom is 0.341 e. The summed E-state index contributed by atoms with van der Waals surface area (Å²) < 4.78 is 21.9. The molecule has 2 aliphatic rings. The summed E-state index contributed by atoms with van der Waals surface area (Å²) in [7, 11) is 1.47. The molecule has 1 aliphatic heterocycles. The predicted octanol–water partition coefficient (Wildman–Crippen LogP) is 1.93. The molecule has 3 N–H and O–H groups in total. The van der Waals surface area contributed by atoms with Crippen molar-refractivity contribution in [3.05, 3.63) is 45.8 Å². The molecule has 1 saturated carbocycles. The Hall–Kier alpha value is -3.51. The van der Waals surface area contributed by atoms with Gasteiger partial charge in [-0.05, 0) is 32.8 Å². The van der Waals surface area contributed by atoms with Crippen molar-refractivity contribution in [3.8, 4) is 0 Å². The van der Waals surface area contributed by atoms with Gasteiger partial charge in [0.1, 0.15) is 11.2 Å². The monoisotopic (exact) mass is 503 g/mol. The third kappa shape index (κ3) is 5.34. The van der Waals surface area contributed by atoms with Gasteiger partial charge in [0, 0.05) is 43.5 Å². The highest BCUT2D eigenvalue weighted by Gasteiger charge is 2.31. The number of hydrogen-bond acceptors (Lipinski definition) is 9. The standard InChI is InChI=1S/C24H30FN5O6/c1-4-36-20(31)7-13(2)26-9-14-10-29(12-19(14)28-35-3)23-18(25)8-16-21(32)17(24(33)34)11-30(15-5-6-15)22(16)27-23/h8,11-15,26,28H,4-7,9-10H2,1-3H3,(H,33,34). The molecule has 0 amide bonds. The van der Waals surface area contributed by atoms with E-state index in [1.165, 1.54) is 13.3 Å². The maximum atomic E-state index is 15.3. The minimum atomic E-state index is -1.36. The van der Waals surface area contributed by atoms with Crippen molar-refractivity contribution in [1.29, 1.82) is 0 Å². The molecule has 0 bridgehead atoms. The van der Waals surface area contributed by atoms with E-state index in [-0.39, 0.29) is 47.2 Å². The Morgan fingerprint density at radius 3 is 2.75 bits per heavy atom. The van der Waals surface area contributed by atoms with Gasteiger partial charge in [0.15, 0.2) is 11.6 Å². The van der Waals surface area contributed by atoms with Crippen LogP contribution in [0.3, 0.4) is 0 Å². The highest BCUT2D eigenvalue weighted by molar-refractivity contribution is 5.92. The number of pyridine rings is 2. The number of nitrogens with one attached hydrogen (secondary N) is 2. The Morgan fingerprint density at radius 1 is 1.36 bits per heavy atom. The van der Waals surface area contributed by atoms with Crippen LogP contribution in [0.1, 0.15) is 49.5 Å². The normalized spacial score (nSPS) is 18.3. The first kappa shape index (κ1) is 25.6. The van der Waals surface area contributed by atoms with Gasteiger partial charge in [-0.2, -0.15) is 0 Å². The lowest BCUT2D eigenvalue weighted by Gasteiger charge is -2.21. The number of halogens is 1. The largest absolute Gasteiger partial charge is 0.477 e. The average molecular weight is 504 g/mol. The zero-order chi connectivity index (χ0) is 26.0. The fraction of sp³-hybridized carbons (Fsp3) is 0.500. The minimum absolute atomic E-state index is 0.0229. The molecule has 2 aromatic rings. The molecular weight excluding hydrogens is 473 g/mol. The van der Waals surface area contributed by atoms with Gasteiger partial charge in [-0.25, -0.2) is 14.2 Å². The van der Waals surface area contributed by atoms with Crippen molar-refractivity contribution in [2.24, 2.45) is 5.92 Å². The van der Waals surface area contributed by atoms with Gasteiger partial charge in [-0.1, -0.05) is 0 Å². The van der Waals surface area contributed by atoms with Crippen LogP contribution in [0.25, 0.3) is 11.0 Å². The van der Waals surface area contributed by atoms with Crippen molar-refractivity contribution < 1.29 is 28.7 Å². The van der Waals surface area contributed by atoms with Crippen LogP contribution in [-0.4, -0.2) is 59.4 Å². The number of ether oxygens (including phenoxy) is 1. The highest BCUT2D eigenvalue weighted by Crippen LogP contribution is 2.37. The van der Waals surface area contributed by atoms with E-state index in [2.05, 4.69) is 15.8 Å². The van der Waals surface area contributed by atoms with Gasteiger partial charge < -0.3 is 24.6 Å². The van der Waals surface area contributed by atoms with Crippen LogP contribution in [0.2, 0.25) is 0 Å². The Morgan fingerprint density at radius 2 is 2.11 bits per heavy atom. The summed E-state index contributed by atoms with van der Waals surface area (Å²) in [4.78, 5) is 47.2. The number of aromatic carboxylic acids is 1. The van der Waals surface area contributed by atoms with Crippen molar-refractivity contribution in [2.45, 2.75) is 45.2 Å². The third-order valence-electron chi connectivity index (χ3n) is 6.24. The van der Waals surface area contributed by atoms with Crippen LogP contribution < -0.4 is 21.1 Å². The van der Waals surface area contributed by atoms with E-state index in [4.69, 9.17) is 9.57 Å². The second-order valence-corrected chi connectivity index (χ2v) is 9.04. The molecule has 36 heavy (non-hydrogen) atoms. The second kappa shape index (κ2) is 10.6. The van der Waals surface area contributed by atoms with E-state index in [1.54, 1.807) is 22.6 Å². The Kier molecular flexibility index (Phi) is 7.55. The van der Waals surface area contributed by atoms with Gasteiger partial charge in [-0.3, -0.25) is 19.9 Å². The van der Waals surface area contributed by atoms with E-state index >= 15 is 4.39 Å². The lowest BCUT2D eigenvalue weighted by Crippen LogP contribution is -2.37. The van der Waals surface area contributed by atoms with Gasteiger partial charge in [-0.15, -0.1) is 0 Å². The smallest absolute Gasteiger partial charge is 0.341 e. The first-order valence-electron chi connectivity index (χ1n) is 11.9. The number of anilines is 1. The van der Waals surface area contributed by atoms with Crippen molar-refractivity contribution in [2.75, 3.05) is 31.7 Å². The van der Waals surface area contributed by atoms with Crippen molar-refractivity contribution in [1.82, 2.24) is 20.3 Å². The van der Waals surface area contributed by atoms with E-state index in [9.17, 15) is 19.5 Å². The van der Waals surface area contributed by atoms with Crippen molar-refractivity contribution in [3.63, 3.8) is 0 Å². The van der Waals surface area contributed by atoms with Gasteiger partial charge in [0.25, 0.3) is 0 Å². The summed E-state index contributed by atoms with van der Waals surface area (Å²) in [5, 5.41) is 12.7. The molecule has 12 heteroatoms. The summed E-state index contributed by atoms with van der Waals surface area (Å²) in [5.74, 6) is -2.48. The highest BCUT2D eigenvalue weighted by atomic mass is 19.1. The molecule has 3 heterocycles. The second-order valence-electron chi connectivity index (χ2n) is 9.04. The predicted molar refractivity (Wildman–Crippen MR) is 129 cm³/mol. The molecule has 2 atom stereocenters. The Bertz CT molecular complexity index is 1260. The summed E-state index contributed by atoms with van der Waals surface area (Å²) in [5.41, 5.74) is 2.60. The molecule has 0 saturated heterocycles. The number of nitrogens with zero attached hydrogens (tertiary/aromatic N) is 3. The molecule has 0 radical (unpaired) electrons. The van der Waals surface area contributed by atoms with E-state index in [1.807, 2.05) is 6.92 Å². The Balaban J connectivity index is 1.61. The van der Waals surface area contributed by atoms with Crippen LogP contribution in [-0.2, 0) is 14.4 Å². The third-order valence-corrected chi connectivity index (χ3v) is 6.24. The van der Waals surface area contributed by atoms with Crippen LogP contribution in [0.15, 0.2) is 29.0 Å². The van der Waals surface area contributed by atoms with Crippen LogP contribution in [0.4, 0.5) is 10.2 Å². The molecule has 0 aromatic carbocycles. The zero-order valence-corrected chi connectivity index (χ0v) is 20.4. The number of aromatic nitrogens is 2. The fourth-order valence-electron chi connectivity index (χ4n) is 4.32. The number of carbonyl (C=O) groups is 2. The number of esters is 1. The average Bonchev–Trinajstić information content (AvgIpc) is 3.59. The van der Waals surface area contributed by atoms with E-state index in [0.717, 1.165) is 18.9 Å². The van der Waals surface area contributed by atoms with Crippen molar-refractivity contribution >= 4 is 28.8 Å².